The number of benzene rings is 1. The first-order valence-corrected chi connectivity index (χ1v) is 16.4. The van der Waals surface area contributed by atoms with Crippen LogP contribution in [0.25, 0.3) is 0 Å². The van der Waals surface area contributed by atoms with Gasteiger partial charge in [0.1, 0.15) is 41.6 Å². The maximum absolute atomic E-state index is 13.3. The zero-order valence-electron chi connectivity index (χ0n) is 30.6. The summed E-state index contributed by atoms with van der Waals surface area (Å²) in [6, 6.07) is 2.89. The standard InChI is InChI=1S/C34H53N5O11/c1-11-47-27(41)19-36-29(43)24(16-20(2)3)38-26(40)18-35-28(42)21(4)37-30(44)25(39-31(45)49-33(5,6)7)17-22-12-14-23(15-13-22)48-32(46)50-34(8,9)10/h12-15,20-21,24-25H,11,16-19H2,1-10H3,(H,35,42)(H,36,43)(H,37,44)(H,38,40)(H,39,45)/t21-,24-,25+/m0/s1. The number of carbonyl (C=O) groups is 7. The normalized spacial score (nSPS) is 13.1. The third-order valence-electron chi connectivity index (χ3n) is 6.21. The van der Waals surface area contributed by atoms with Crippen LogP contribution in [-0.2, 0) is 44.6 Å². The van der Waals surface area contributed by atoms with Gasteiger partial charge in [0, 0.05) is 6.42 Å². The Bertz CT molecular complexity index is 1330. The molecule has 280 valence electrons. The maximum Gasteiger partial charge on any atom is 0.514 e. The Kier molecular flexibility index (Phi) is 17.2. The van der Waals surface area contributed by atoms with E-state index in [0.717, 1.165) is 0 Å². The minimum Gasteiger partial charge on any atom is -0.465 e. The van der Waals surface area contributed by atoms with Gasteiger partial charge in [-0.3, -0.25) is 24.0 Å². The third-order valence-corrected chi connectivity index (χ3v) is 6.21. The second-order valence-electron chi connectivity index (χ2n) is 13.8. The molecule has 0 radical (unpaired) electrons. The summed E-state index contributed by atoms with van der Waals surface area (Å²) in [5, 5.41) is 12.4. The monoisotopic (exact) mass is 707 g/mol. The van der Waals surface area contributed by atoms with Crippen molar-refractivity contribution in [1.29, 1.82) is 0 Å². The molecule has 0 spiro atoms. The Labute approximate surface area is 293 Å². The van der Waals surface area contributed by atoms with Crippen molar-refractivity contribution in [1.82, 2.24) is 26.6 Å². The van der Waals surface area contributed by atoms with E-state index in [1.54, 1.807) is 60.6 Å². The molecule has 1 aromatic rings. The summed E-state index contributed by atoms with van der Waals surface area (Å²) in [5.41, 5.74) is -1.02. The van der Waals surface area contributed by atoms with Crippen molar-refractivity contribution < 1.29 is 52.5 Å². The van der Waals surface area contributed by atoms with Gasteiger partial charge in [-0.1, -0.05) is 26.0 Å². The Balaban J connectivity index is 2.89. The summed E-state index contributed by atoms with van der Waals surface area (Å²) in [5.74, 6) is -3.08. The SMILES string of the molecule is CCOC(=O)CNC(=O)[C@H](CC(C)C)NC(=O)CNC(=O)[C@H](C)NC(=O)[C@@H](Cc1ccc(OC(=O)OC(C)(C)C)cc1)NC(=O)OC(C)(C)C. The number of carbonyl (C=O) groups excluding carboxylic acids is 7. The van der Waals surface area contributed by atoms with Crippen LogP contribution >= 0.6 is 0 Å². The number of rotatable bonds is 16. The molecule has 3 atom stereocenters. The zero-order valence-corrected chi connectivity index (χ0v) is 30.6. The van der Waals surface area contributed by atoms with Gasteiger partial charge in [-0.15, -0.1) is 0 Å². The Morgan fingerprint density at radius 2 is 1.28 bits per heavy atom. The summed E-state index contributed by atoms with van der Waals surface area (Å²) in [4.78, 5) is 87.6. The molecule has 50 heavy (non-hydrogen) atoms. The lowest BCUT2D eigenvalue weighted by molar-refractivity contribution is -0.143. The number of hydrogen-bond donors (Lipinski definition) is 5. The van der Waals surface area contributed by atoms with Crippen molar-refractivity contribution in [3.63, 3.8) is 0 Å². The van der Waals surface area contributed by atoms with Crippen LogP contribution in [0, 0.1) is 5.92 Å². The van der Waals surface area contributed by atoms with Crippen LogP contribution in [0.3, 0.4) is 0 Å². The molecule has 5 N–H and O–H groups in total. The van der Waals surface area contributed by atoms with Gasteiger partial charge < -0.3 is 45.5 Å². The molecule has 0 saturated carbocycles. The summed E-state index contributed by atoms with van der Waals surface area (Å²) in [7, 11) is 0. The largest absolute Gasteiger partial charge is 0.514 e. The fourth-order valence-corrected chi connectivity index (χ4v) is 4.10. The van der Waals surface area contributed by atoms with E-state index in [-0.39, 0.29) is 37.7 Å². The zero-order chi connectivity index (χ0) is 38.2. The fraction of sp³-hybridized carbons (Fsp3) is 0.618. The number of amides is 5. The van der Waals surface area contributed by atoms with Crippen LogP contribution in [-0.4, -0.2) is 90.9 Å². The first-order chi connectivity index (χ1) is 23.1. The Hall–Kier alpha value is -4.89. The highest BCUT2D eigenvalue weighted by atomic mass is 16.7. The van der Waals surface area contributed by atoms with Crippen molar-refractivity contribution in [2.24, 2.45) is 5.92 Å². The van der Waals surface area contributed by atoms with Gasteiger partial charge in [0.2, 0.25) is 23.6 Å². The summed E-state index contributed by atoms with van der Waals surface area (Å²) >= 11 is 0. The van der Waals surface area contributed by atoms with Gasteiger partial charge in [-0.05, 0) is 85.4 Å². The molecule has 1 rings (SSSR count). The lowest BCUT2D eigenvalue weighted by Gasteiger charge is -2.24. The quantitative estimate of drug-likeness (QED) is 0.0954. The van der Waals surface area contributed by atoms with Crippen molar-refractivity contribution in [2.45, 2.75) is 111 Å². The first kappa shape index (κ1) is 43.1. The van der Waals surface area contributed by atoms with Crippen molar-refractivity contribution >= 4 is 41.8 Å². The number of alkyl carbamates (subject to hydrolysis) is 1. The van der Waals surface area contributed by atoms with E-state index < -0.39 is 77.7 Å². The van der Waals surface area contributed by atoms with Gasteiger partial charge >= 0.3 is 18.2 Å². The molecule has 0 aliphatic rings. The molecule has 16 heteroatoms. The molecular weight excluding hydrogens is 654 g/mol. The number of esters is 1. The molecular formula is C34H53N5O11. The van der Waals surface area contributed by atoms with E-state index >= 15 is 0 Å². The van der Waals surface area contributed by atoms with E-state index in [2.05, 4.69) is 26.6 Å². The van der Waals surface area contributed by atoms with Crippen LogP contribution in [0.15, 0.2) is 24.3 Å². The Morgan fingerprint density at radius 1 is 0.700 bits per heavy atom. The molecule has 0 aliphatic heterocycles. The molecule has 5 amide bonds. The average molecular weight is 708 g/mol. The van der Waals surface area contributed by atoms with Gasteiger partial charge in [0.15, 0.2) is 0 Å². The maximum atomic E-state index is 13.3. The molecule has 16 nitrogen and oxygen atoms in total. The molecule has 0 fully saturated rings. The number of hydrogen-bond acceptors (Lipinski definition) is 11. The summed E-state index contributed by atoms with van der Waals surface area (Å²) in [6.07, 6.45) is -1.50. The number of ether oxygens (including phenoxy) is 4. The molecule has 0 unspecified atom stereocenters. The van der Waals surface area contributed by atoms with Crippen LogP contribution < -0.4 is 31.3 Å². The topological polar surface area (TPSA) is 217 Å². The predicted octanol–water partition coefficient (Wildman–Crippen LogP) is 2.27. The number of nitrogens with one attached hydrogen (secondary N) is 5. The highest BCUT2D eigenvalue weighted by molar-refractivity contribution is 5.94. The second-order valence-corrected chi connectivity index (χ2v) is 13.8. The van der Waals surface area contributed by atoms with E-state index in [4.69, 9.17) is 18.9 Å². The molecule has 1 aromatic carbocycles. The third kappa shape index (κ3) is 18.6. The van der Waals surface area contributed by atoms with E-state index in [1.165, 1.54) is 19.1 Å². The van der Waals surface area contributed by atoms with Gasteiger partial charge in [-0.2, -0.15) is 0 Å². The Morgan fingerprint density at radius 3 is 1.82 bits per heavy atom. The average Bonchev–Trinajstić information content (AvgIpc) is 2.96. The van der Waals surface area contributed by atoms with Crippen molar-refractivity contribution in [3.8, 4) is 5.75 Å². The van der Waals surface area contributed by atoms with Gasteiger partial charge in [0.25, 0.3) is 0 Å². The molecule has 0 heterocycles. The minimum absolute atomic E-state index is 0.0178. The van der Waals surface area contributed by atoms with E-state index in [1.807, 2.05) is 13.8 Å². The van der Waals surface area contributed by atoms with E-state index in [0.29, 0.717) is 5.56 Å². The highest BCUT2D eigenvalue weighted by Crippen LogP contribution is 2.17. The molecule has 0 bridgehead atoms. The molecule has 0 saturated heterocycles. The first-order valence-electron chi connectivity index (χ1n) is 16.4. The van der Waals surface area contributed by atoms with Crippen molar-refractivity contribution in [3.05, 3.63) is 29.8 Å². The van der Waals surface area contributed by atoms with Crippen LogP contribution in [0.5, 0.6) is 5.75 Å². The van der Waals surface area contributed by atoms with Crippen molar-refractivity contribution in [2.75, 3.05) is 19.7 Å². The smallest absolute Gasteiger partial charge is 0.465 e. The lowest BCUT2D eigenvalue weighted by Crippen LogP contribution is -2.55. The second kappa shape index (κ2) is 19.9. The summed E-state index contributed by atoms with van der Waals surface area (Å²) in [6.45, 7) is 16.1. The molecule has 0 aromatic heterocycles. The van der Waals surface area contributed by atoms with Gasteiger partial charge in [-0.25, -0.2) is 9.59 Å². The van der Waals surface area contributed by atoms with Gasteiger partial charge in [0.05, 0.1) is 13.2 Å². The summed E-state index contributed by atoms with van der Waals surface area (Å²) < 4.78 is 20.4. The fourth-order valence-electron chi connectivity index (χ4n) is 4.10. The highest BCUT2D eigenvalue weighted by Gasteiger charge is 2.28. The predicted molar refractivity (Wildman–Crippen MR) is 182 cm³/mol. The van der Waals surface area contributed by atoms with Crippen LogP contribution in [0.1, 0.15) is 81.2 Å². The minimum atomic E-state index is -1.19. The lowest BCUT2D eigenvalue weighted by atomic mass is 10.0. The van der Waals surface area contributed by atoms with E-state index in [9.17, 15) is 33.6 Å². The van der Waals surface area contributed by atoms with Crippen LogP contribution in [0.2, 0.25) is 0 Å². The molecule has 0 aliphatic carbocycles. The van der Waals surface area contributed by atoms with Crippen LogP contribution in [0.4, 0.5) is 9.59 Å².